The Hall–Kier alpha value is -0.520. The van der Waals surface area contributed by atoms with Crippen LogP contribution in [0.25, 0.3) is 0 Å². The molecule has 0 saturated carbocycles. The van der Waals surface area contributed by atoms with E-state index in [0.717, 1.165) is 26.1 Å². The zero-order chi connectivity index (χ0) is 10.2. The highest BCUT2D eigenvalue weighted by Gasteiger charge is 2.15. The molecule has 1 N–H and O–H groups in total. The zero-order valence-electron chi connectivity index (χ0n) is 9.24. The molecule has 0 spiro atoms. The highest BCUT2D eigenvalue weighted by atomic mass is 16.5. The van der Waals surface area contributed by atoms with Gasteiger partial charge in [-0.3, -0.25) is 0 Å². The smallest absolute Gasteiger partial charge is 0.0750 e. The molecule has 0 aliphatic carbocycles. The van der Waals surface area contributed by atoms with Gasteiger partial charge in [0.2, 0.25) is 0 Å². The molecule has 0 saturated heterocycles. The van der Waals surface area contributed by atoms with Gasteiger partial charge in [0.15, 0.2) is 0 Å². The van der Waals surface area contributed by atoms with Crippen molar-refractivity contribution in [2.75, 3.05) is 19.7 Å². The molecule has 0 heterocycles. The fraction of sp³-hybridized carbons (Fsp3) is 0.818. The van der Waals surface area contributed by atoms with E-state index in [1.165, 1.54) is 0 Å². The molecule has 0 aliphatic heterocycles. The van der Waals surface area contributed by atoms with E-state index in [1.807, 2.05) is 13.8 Å². The summed E-state index contributed by atoms with van der Waals surface area (Å²) < 4.78 is 5.54. The van der Waals surface area contributed by atoms with Crippen LogP contribution in [0.4, 0.5) is 0 Å². The maximum absolute atomic E-state index is 5.54. The van der Waals surface area contributed by atoms with Gasteiger partial charge in [-0.05, 0) is 27.7 Å². The van der Waals surface area contributed by atoms with E-state index in [9.17, 15) is 0 Å². The fourth-order valence-corrected chi connectivity index (χ4v) is 1.11. The molecule has 0 bridgehead atoms. The Bertz CT molecular complexity index is 176. The Balaban J connectivity index is 3.43. The second-order valence-corrected chi connectivity index (χ2v) is 3.55. The first-order valence-electron chi connectivity index (χ1n) is 4.86. The average molecular weight is 183 g/mol. The molecule has 2 nitrogen and oxygen atoms in total. The topological polar surface area (TPSA) is 21.3 Å². The summed E-state index contributed by atoms with van der Waals surface area (Å²) in [5, 5.41) is 3.32. The molecule has 0 aromatic rings. The van der Waals surface area contributed by atoms with E-state index in [0.29, 0.717) is 0 Å². The van der Waals surface area contributed by atoms with Gasteiger partial charge in [-0.25, -0.2) is 0 Å². The molecule has 0 unspecified atom stereocenters. The summed E-state index contributed by atoms with van der Waals surface area (Å²) >= 11 is 0. The lowest BCUT2D eigenvalue weighted by Crippen LogP contribution is -2.38. The van der Waals surface area contributed by atoms with Crippen LogP contribution in [0, 0.1) is 11.8 Å². The van der Waals surface area contributed by atoms with Crippen molar-refractivity contribution in [2.45, 2.75) is 39.7 Å². The molecule has 0 aromatic carbocycles. The van der Waals surface area contributed by atoms with E-state index in [2.05, 4.69) is 31.0 Å². The quantitative estimate of drug-likeness (QED) is 0.501. The minimum Gasteiger partial charge on any atom is -0.375 e. The van der Waals surface area contributed by atoms with Gasteiger partial charge in [0.05, 0.1) is 5.60 Å². The summed E-state index contributed by atoms with van der Waals surface area (Å²) in [5.41, 5.74) is -0.0611. The maximum Gasteiger partial charge on any atom is 0.0750 e. The van der Waals surface area contributed by atoms with Crippen molar-refractivity contribution in [2.24, 2.45) is 0 Å². The van der Waals surface area contributed by atoms with Gasteiger partial charge < -0.3 is 10.1 Å². The first-order valence-corrected chi connectivity index (χ1v) is 4.86. The van der Waals surface area contributed by atoms with Crippen LogP contribution < -0.4 is 5.32 Å². The predicted octanol–water partition coefficient (Wildman–Crippen LogP) is 1.80. The number of nitrogens with one attached hydrogen (secondary N) is 1. The SMILES string of the molecule is CC#CCCNCC(C)(C)OCC. The Morgan fingerprint density at radius 1 is 1.38 bits per heavy atom. The van der Waals surface area contributed by atoms with E-state index in [-0.39, 0.29) is 5.60 Å². The predicted molar refractivity (Wildman–Crippen MR) is 56.6 cm³/mol. The van der Waals surface area contributed by atoms with Crippen molar-refractivity contribution >= 4 is 0 Å². The summed E-state index contributed by atoms with van der Waals surface area (Å²) in [6.07, 6.45) is 0.915. The van der Waals surface area contributed by atoms with Crippen LogP contribution in [0.3, 0.4) is 0 Å². The van der Waals surface area contributed by atoms with Crippen LogP contribution in [-0.4, -0.2) is 25.3 Å². The van der Waals surface area contributed by atoms with Crippen molar-refractivity contribution in [1.29, 1.82) is 0 Å². The summed E-state index contributed by atoms with van der Waals surface area (Å²) in [6.45, 7) is 10.7. The van der Waals surface area contributed by atoms with Crippen LogP contribution in [0.2, 0.25) is 0 Å². The second-order valence-electron chi connectivity index (χ2n) is 3.55. The lowest BCUT2D eigenvalue weighted by Gasteiger charge is -2.24. The van der Waals surface area contributed by atoms with Crippen LogP contribution in [0.1, 0.15) is 34.1 Å². The zero-order valence-corrected chi connectivity index (χ0v) is 9.24. The van der Waals surface area contributed by atoms with Crippen LogP contribution in [0.15, 0.2) is 0 Å². The van der Waals surface area contributed by atoms with Gasteiger partial charge in [0, 0.05) is 26.1 Å². The Kier molecular flexibility index (Phi) is 6.66. The Labute approximate surface area is 82.1 Å². The van der Waals surface area contributed by atoms with Crippen LogP contribution in [-0.2, 0) is 4.74 Å². The summed E-state index contributed by atoms with van der Waals surface area (Å²) in [4.78, 5) is 0. The summed E-state index contributed by atoms with van der Waals surface area (Å²) in [5.74, 6) is 5.88. The fourth-order valence-electron chi connectivity index (χ4n) is 1.11. The molecular formula is C11H21NO. The number of hydrogen-bond donors (Lipinski definition) is 1. The molecule has 0 amide bonds. The third kappa shape index (κ3) is 7.83. The van der Waals surface area contributed by atoms with E-state index < -0.39 is 0 Å². The van der Waals surface area contributed by atoms with Crippen molar-refractivity contribution < 1.29 is 4.74 Å². The molecule has 76 valence electrons. The van der Waals surface area contributed by atoms with E-state index in [4.69, 9.17) is 4.74 Å². The molecule has 0 rings (SSSR count). The van der Waals surface area contributed by atoms with E-state index in [1.54, 1.807) is 0 Å². The monoisotopic (exact) mass is 183 g/mol. The number of hydrogen-bond acceptors (Lipinski definition) is 2. The van der Waals surface area contributed by atoms with Crippen molar-refractivity contribution in [3.8, 4) is 11.8 Å². The van der Waals surface area contributed by atoms with Gasteiger partial charge in [-0.1, -0.05) is 0 Å². The van der Waals surface area contributed by atoms with Gasteiger partial charge in [0.25, 0.3) is 0 Å². The lowest BCUT2D eigenvalue weighted by atomic mass is 10.1. The molecule has 0 fully saturated rings. The molecule has 0 aromatic heterocycles. The Morgan fingerprint density at radius 2 is 2.08 bits per heavy atom. The van der Waals surface area contributed by atoms with Crippen molar-refractivity contribution in [3.63, 3.8) is 0 Å². The first-order chi connectivity index (χ1) is 6.12. The molecule has 2 heteroatoms. The van der Waals surface area contributed by atoms with Gasteiger partial charge in [0.1, 0.15) is 0 Å². The minimum absolute atomic E-state index is 0.0611. The molecule has 0 aliphatic rings. The lowest BCUT2D eigenvalue weighted by molar-refractivity contribution is -0.00852. The average Bonchev–Trinajstić information content (AvgIpc) is 2.04. The van der Waals surface area contributed by atoms with Crippen molar-refractivity contribution in [3.05, 3.63) is 0 Å². The number of ether oxygens (including phenoxy) is 1. The highest BCUT2D eigenvalue weighted by molar-refractivity contribution is 4.95. The maximum atomic E-state index is 5.54. The second kappa shape index (κ2) is 6.94. The number of rotatable bonds is 6. The molecule has 0 atom stereocenters. The third-order valence-electron chi connectivity index (χ3n) is 1.69. The third-order valence-corrected chi connectivity index (χ3v) is 1.69. The van der Waals surface area contributed by atoms with Gasteiger partial charge in [-0.2, -0.15) is 0 Å². The minimum atomic E-state index is -0.0611. The first kappa shape index (κ1) is 12.5. The van der Waals surface area contributed by atoms with E-state index >= 15 is 0 Å². The molecule has 0 radical (unpaired) electrons. The standard InChI is InChI=1S/C11H21NO/c1-5-7-8-9-12-10-11(3,4)13-6-2/h12H,6,8-10H2,1-4H3. The Morgan fingerprint density at radius 3 is 2.62 bits per heavy atom. The normalized spacial score (nSPS) is 10.8. The van der Waals surface area contributed by atoms with Crippen molar-refractivity contribution in [1.82, 2.24) is 5.32 Å². The molecular weight excluding hydrogens is 162 g/mol. The summed E-state index contributed by atoms with van der Waals surface area (Å²) in [6, 6.07) is 0. The molecule has 13 heavy (non-hydrogen) atoms. The van der Waals surface area contributed by atoms with Crippen LogP contribution >= 0.6 is 0 Å². The van der Waals surface area contributed by atoms with Crippen LogP contribution in [0.5, 0.6) is 0 Å². The van der Waals surface area contributed by atoms with Gasteiger partial charge in [-0.15, -0.1) is 11.8 Å². The van der Waals surface area contributed by atoms with Gasteiger partial charge >= 0.3 is 0 Å². The largest absolute Gasteiger partial charge is 0.375 e. The highest BCUT2D eigenvalue weighted by Crippen LogP contribution is 2.06. The summed E-state index contributed by atoms with van der Waals surface area (Å²) in [7, 11) is 0.